The second kappa shape index (κ2) is 8.78. The monoisotopic (exact) mass is 462 g/mol. The molecule has 1 aromatic carbocycles. The van der Waals surface area contributed by atoms with Crippen LogP contribution in [0.2, 0.25) is 0 Å². The molecular weight excluding hydrogens is 428 g/mol. The summed E-state index contributed by atoms with van der Waals surface area (Å²) in [6, 6.07) is 4.13. The number of imidazole rings is 1. The molecule has 7 heteroatoms. The number of aromatic amines is 1. The summed E-state index contributed by atoms with van der Waals surface area (Å²) in [6.07, 6.45) is 6.30. The second-order valence-electron chi connectivity index (χ2n) is 9.84. The van der Waals surface area contributed by atoms with E-state index in [1.165, 1.54) is 0 Å². The summed E-state index contributed by atoms with van der Waals surface area (Å²) in [5.41, 5.74) is 5.17. The summed E-state index contributed by atoms with van der Waals surface area (Å²) in [7, 11) is 0. The number of rotatable bonds is 7. The minimum absolute atomic E-state index is 0.405. The van der Waals surface area contributed by atoms with Gasteiger partial charge < -0.3 is 19.4 Å². The fourth-order valence-electron chi connectivity index (χ4n) is 5.12. The van der Waals surface area contributed by atoms with Crippen molar-refractivity contribution in [3.8, 4) is 11.1 Å². The van der Waals surface area contributed by atoms with E-state index < -0.39 is 11.7 Å². The zero-order valence-electron chi connectivity index (χ0n) is 20.7. The van der Waals surface area contributed by atoms with E-state index in [0.717, 1.165) is 82.8 Å². The molecule has 2 atom stereocenters. The van der Waals surface area contributed by atoms with Crippen LogP contribution in [0.5, 0.6) is 0 Å². The molecule has 2 aromatic heterocycles. The lowest BCUT2D eigenvalue weighted by molar-refractivity contribution is -0.0646. The minimum Gasteiger partial charge on any atom is -0.376 e. The van der Waals surface area contributed by atoms with Gasteiger partial charge in [-0.1, -0.05) is 18.2 Å². The Morgan fingerprint density at radius 1 is 1.26 bits per heavy atom. The first kappa shape index (κ1) is 23.0. The number of allylic oxidation sites excluding steroid dienone is 1. The predicted octanol–water partition coefficient (Wildman–Crippen LogP) is 5.85. The van der Waals surface area contributed by atoms with Gasteiger partial charge in [0, 0.05) is 29.4 Å². The van der Waals surface area contributed by atoms with Gasteiger partial charge in [0.2, 0.25) is 0 Å². The Morgan fingerprint density at radius 2 is 2.06 bits per heavy atom. The molecular formula is C27H34N4O3. The molecule has 1 saturated carbocycles. The van der Waals surface area contributed by atoms with Crippen molar-refractivity contribution < 1.29 is 14.4 Å². The average Bonchev–Trinajstić information content (AvgIpc) is 3.18. The van der Waals surface area contributed by atoms with E-state index in [4.69, 9.17) is 19.2 Å². The van der Waals surface area contributed by atoms with Gasteiger partial charge in [-0.25, -0.2) is 4.98 Å². The zero-order chi connectivity index (χ0) is 24.0. The maximum Gasteiger partial charge on any atom is 0.159 e. The smallest absolute Gasteiger partial charge is 0.159 e. The standard InChI is InChI=1S/C27H34N4O3/c1-6-8-22(28-15(2)3)27(32,23-9-7-12-33-23)20-13-19(24-16(4)31-34-17(24)5)14-21-25(20)30-26(29-21)18-10-11-18/h8,13-14,18,23,32H,6-7,9-12H2,1-5H3,(H,29,30)/b22-8-. The van der Waals surface area contributed by atoms with E-state index in [1.54, 1.807) is 0 Å². The van der Waals surface area contributed by atoms with E-state index in [9.17, 15) is 5.11 Å². The number of benzene rings is 1. The first-order valence-corrected chi connectivity index (χ1v) is 12.4. The van der Waals surface area contributed by atoms with Crippen LogP contribution in [0.4, 0.5) is 0 Å². The SMILES string of the molecule is CC/C=C(\N=C(C)C)C(O)(c1cc(-c2c(C)noc2C)cc2[nH]c(C3CC3)nc12)C1CCCO1. The topological polar surface area (TPSA) is 96.5 Å². The highest BCUT2D eigenvalue weighted by Gasteiger charge is 2.47. The van der Waals surface area contributed by atoms with Crippen molar-refractivity contribution in [1.29, 1.82) is 0 Å². The van der Waals surface area contributed by atoms with Gasteiger partial charge in [0.1, 0.15) is 11.6 Å². The Kier molecular flexibility index (Phi) is 5.94. The summed E-state index contributed by atoms with van der Waals surface area (Å²) in [5, 5.41) is 16.8. The highest BCUT2D eigenvalue weighted by Crippen LogP contribution is 2.46. The van der Waals surface area contributed by atoms with Crippen molar-refractivity contribution in [1.82, 2.24) is 15.1 Å². The lowest BCUT2D eigenvalue weighted by Gasteiger charge is -2.35. The van der Waals surface area contributed by atoms with Crippen molar-refractivity contribution in [3.05, 3.63) is 46.7 Å². The van der Waals surface area contributed by atoms with Gasteiger partial charge in [-0.2, -0.15) is 0 Å². The number of H-pyrrole nitrogens is 1. The van der Waals surface area contributed by atoms with Crippen LogP contribution in [-0.4, -0.2) is 38.7 Å². The summed E-state index contributed by atoms with van der Waals surface area (Å²) in [4.78, 5) is 13.4. The Labute approximate surface area is 200 Å². The Balaban J connectivity index is 1.82. The van der Waals surface area contributed by atoms with Crippen LogP contribution >= 0.6 is 0 Å². The third-order valence-electron chi connectivity index (χ3n) is 6.83. The first-order valence-electron chi connectivity index (χ1n) is 12.4. The predicted molar refractivity (Wildman–Crippen MR) is 133 cm³/mol. The number of aromatic nitrogens is 3. The van der Waals surface area contributed by atoms with Gasteiger partial charge in [0.15, 0.2) is 5.60 Å². The summed E-state index contributed by atoms with van der Waals surface area (Å²) in [6.45, 7) is 10.5. The third kappa shape index (κ3) is 3.91. The summed E-state index contributed by atoms with van der Waals surface area (Å²) >= 11 is 0. The summed E-state index contributed by atoms with van der Waals surface area (Å²) < 4.78 is 11.6. The largest absolute Gasteiger partial charge is 0.376 e. The highest BCUT2D eigenvalue weighted by atomic mass is 16.5. The number of aryl methyl sites for hydroxylation is 2. The lowest BCUT2D eigenvalue weighted by atomic mass is 9.81. The van der Waals surface area contributed by atoms with Gasteiger partial charge in [0.25, 0.3) is 0 Å². The summed E-state index contributed by atoms with van der Waals surface area (Å²) in [5.74, 6) is 2.19. The van der Waals surface area contributed by atoms with Crippen LogP contribution in [0, 0.1) is 13.8 Å². The molecule has 180 valence electrons. The molecule has 1 saturated heterocycles. The normalized spacial score (nSPS) is 20.6. The maximum atomic E-state index is 12.7. The number of hydrogen-bond donors (Lipinski definition) is 2. The fraction of sp³-hybridized carbons (Fsp3) is 0.519. The average molecular weight is 463 g/mol. The van der Waals surface area contributed by atoms with Gasteiger partial charge in [-0.3, -0.25) is 4.99 Å². The van der Waals surface area contributed by atoms with Crippen molar-refractivity contribution in [2.75, 3.05) is 6.61 Å². The van der Waals surface area contributed by atoms with E-state index in [-0.39, 0.29) is 0 Å². The van der Waals surface area contributed by atoms with Gasteiger partial charge >= 0.3 is 0 Å². The number of hydrogen-bond acceptors (Lipinski definition) is 6. The molecule has 0 radical (unpaired) electrons. The molecule has 2 fully saturated rings. The van der Waals surface area contributed by atoms with E-state index in [1.807, 2.05) is 39.8 Å². The molecule has 3 heterocycles. The highest BCUT2D eigenvalue weighted by molar-refractivity contribution is 5.88. The van der Waals surface area contributed by atoms with Crippen LogP contribution < -0.4 is 0 Å². The molecule has 0 bridgehead atoms. The molecule has 0 spiro atoms. The number of nitrogens with one attached hydrogen (secondary N) is 1. The number of aliphatic hydroxyl groups is 1. The van der Waals surface area contributed by atoms with Crippen LogP contribution in [0.15, 0.2) is 33.4 Å². The van der Waals surface area contributed by atoms with E-state index in [0.29, 0.717) is 18.2 Å². The number of fused-ring (bicyclic) bond motifs is 1. The Hall–Kier alpha value is -2.77. The molecule has 2 aliphatic rings. The van der Waals surface area contributed by atoms with Crippen molar-refractivity contribution in [2.24, 2.45) is 4.99 Å². The molecule has 1 aliphatic carbocycles. The van der Waals surface area contributed by atoms with E-state index in [2.05, 4.69) is 23.1 Å². The van der Waals surface area contributed by atoms with Crippen molar-refractivity contribution >= 4 is 16.7 Å². The number of aliphatic imine (C=N–C) groups is 1. The molecule has 0 amide bonds. The minimum atomic E-state index is -1.44. The van der Waals surface area contributed by atoms with Gasteiger partial charge in [-0.15, -0.1) is 0 Å². The second-order valence-corrected chi connectivity index (χ2v) is 9.84. The van der Waals surface area contributed by atoms with E-state index >= 15 is 0 Å². The molecule has 2 unspecified atom stereocenters. The maximum absolute atomic E-state index is 12.7. The zero-order valence-corrected chi connectivity index (χ0v) is 20.7. The first-order chi connectivity index (χ1) is 16.3. The Morgan fingerprint density at radius 3 is 2.65 bits per heavy atom. The van der Waals surface area contributed by atoms with Gasteiger partial charge in [-0.05, 0) is 77.5 Å². The molecule has 1 aliphatic heterocycles. The van der Waals surface area contributed by atoms with Crippen LogP contribution in [0.3, 0.4) is 0 Å². The number of ether oxygens (including phenoxy) is 1. The quantitative estimate of drug-likeness (QED) is 0.429. The molecule has 5 rings (SSSR count). The van der Waals surface area contributed by atoms with Crippen LogP contribution in [0.25, 0.3) is 22.2 Å². The Bertz CT molecular complexity index is 1250. The molecule has 2 N–H and O–H groups in total. The molecule has 34 heavy (non-hydrogen) atoms. The van der Waals surface area contributed by atoms with Crippen molar-refractivity contribution in [3.63, 3.8) is 0 Å². The van der Waals surface area contributed by atoms with Crippen LogP contribution in [-0.2, 0) is 10.3 Å². The number of nitrogens with zero attached hydrogens (tertiary/aromatic N) is 3. The molecule has 3 aromatic rings. The van der Waals surface area contributed by atoms with Gasteiger partial charge in [0.05, 0.1) is 28.5 Å². The lowest BCUT2D eigenvalue weighted by Crippen LogP contribution is -2.41. The van der Waals surface area contributed by atoms with Crippen LogP contribution in [0.1, 0.15) is 81.6 Å². The van der Waals surface area contributed by atoms with Crippen molar-refractivity contribution in [2.45, 2.75) is 84.3 Å². The molecule has 7 nitrogen and oxygen atoms in total. The third-order valence-corrected chi connectivity index (χ3v) is 6.83. The fourth-order valence-corrected chi connectivity index (χ4v) is 5.12.